The number of rotatable bonds is 5. The highest BCUT2D eigenvalue weighted by molar-refractivity contribution is 7.16. The Morgan fingerprint density at radius 3 is 2.74 bits per heavy atom. The van der Waals surface area contributed by atoms with Crippen molar-refractivity contribution >= 4 is 39.9 Å². The van der Waals surface area contributed by atoms with Crippen LogP contribution in [0.4, 0.5) is 9.80 Å². The monoisotopic (exact) mass is 497 g/mol. The molecule has 3 heterocycles. The average molecular weight is 498 g/mol. The highest BCUT2D eigenvalue weighted by Crippen LogP contribution is 2.41. The van der Waals surface area contributed by atoms with E-state index in [1.165, 1.54) is 11.3 Å². The van der Waals surface area contributed by atoms with Crippen LogP contribution in [0.3, 0.4) is 0 Å². The Morgan fingerprint density at radius 1 is 1.18 bits per heavy atom. The van der Waals surface area contributed by atoms with Crippen LogP contribution < -0.4 is 15.4 Å². The molecule has 1 unspecified atom stereocenters. The van der Waals surface area contributed by atoms with E-state index in [1.807, 2.05) is 48.5 Å². The molecule has 1 atom stereocenters. The molecule has 34 heavy (non-hydrogen) atoms. The van der Waals surface area contributed by atoms with Gasteiger partial charge < -0.3 is 25.0 Å². The normalized spacial score (nSPS) is 16.7. The van der Waals surface area contributed by atoms with E-state index in [4.69, 9.17) is 21.1 Å². The summed E-state index contributed by atoms with van der Waals surface area (Å²) in [5.41, 5.74) is 3.56. The standard InChI is InChI=1S/C25H24ClN3O4S/c1-2-32-25(31)29-12-11-18-20(13-29)34-24-21(18)23(30)27-22(28-24)15-7-9-17(10-8-15)33-14-16-5-3-4-6-19(16)26/h3-10,22,28H,2,11-14H2,1H3,(H,27,30). The molecule has 2 aromatic carbocycles. The number of nitrogens with zero attached hydrogens (tertiary/aromatic N) is 1. The topological polar surface area (TPSA) is 79.9 Å². The number of benzene rings is 2. The number of carbonyl (C=O) groups excluding carboxylic acids is 2. The molecule has 0 spiro atoms. The van der Waals surface area contributed by atoms with Gasteiger partial charge in [0.15, 0.2) is 0 Å². The van der Waals surface area contributed by atoms with E-state index < -0.39 is 0 Å². The van der Waals surface area contributed by atoms with Crippen LogP contribution in [0, 0.1) is 0 Å². The van der Waals surface area contributed by atoms with E-state index in [9.17, 15) is 9.59 Å². The van der Waals surface area contributed by atoms with Crippen molar-refractivity contribution in [3.63, 3.8) is 0 Å². The van der Waals surface area contributed by atoms with Crippen molar-refractivity contribution in [2.24, 2.45) is 0 Å². The molecule has 7 nitrogen and oxygen atoms in total. The second-order valence-corrected chi connectivity index (χ2v) is 9.59. The Hall–Kier alpha value is -3.23. The first-order valence-electron chi connectivity index (χ1n) is 11.1. The van der Waals surface area contributed by atoms with Crippen LogP contribution in [-0.2, 0) is 24.3 Å². The van der Waals surface area contributed by atoms with Gasteiger partial charge in [-0.3, -0.25) is 4.79 Å². The predicted molar refractivity (Wildman–Crippen MR) is 132 cm³/mol. The van der Waals surface area contributed by atoms with E-state index in [0.29, 0.717) is 43.3 Å². The lowest BCUT2D eigenvalue weighted by atomic mass is 10.0. The van der Waals surface area contributed by atoms with Crippen LogP contribution in [-0.4, -0.2) is 30.1 Å². The van der Waals surface area contributed by atoms with Crippen molar-refractivity contribution in [1.29, 1.82) is 0 Å². The van der Waals surface area contributed by atoms with E-state index in [1.54, 1.807) is 11.8 Å². The quantitative estimate of drug-likeness (QED) is 0.496. The first-order valence-corrected chi connectivity index (χ1v) is 12.3. The van der Waals surface area contributed by atoms with Crippen LogP contribution >= 0.6 is 22.9 Å². The van der Waals surface area contributed by atoms with Crippen LogP contribution in [0.1, 0.15) is 45.0 Å². The smallest absolute Gasteiger partial charge is 0.410 e. The van der Waals surface area contributed by atoms with Gasteiger partial charge in [0, 0.05) is 22.0 Å². The Morgan fingerprint density at radius 2 is 1.97 bits per heavy atom. The molecule has 0 radical (unpaired) electrons. The van der Waals surface area contributed by atoms with Gasteiger partial charge in [0.2, 0.25) is 0 Å². The summed E-state index contributed by atoms with van der Waals surface area (Å²) in [4.78, 5) is 27.8. The molecule has 3 aromatic rings. The number of amides is 2. The fraction of sp³-hybridized carbons (Fsp3) is 0.280. The summed E-state index contributed by atoms with van der Waals surface area (Å²) < 4.78 is 11.0. The largest absolute Gasteiger partial charge is 0.489 e. The van der Waals surface area contributed by atoms with Gasteiger partial charge in [-0.2, -0.15) is 0 Å². The highest BCUT2D eigenvalue weighted by Gasteiger charge is 2.34. The molecule has 0 saturated carbocycles. The van der Waals surface area contributed by atoms with Gasteiger partial charge in [-0.1, -0.05) is 41.9 Å². The molecule has 0 bridgehead atoms. The maximum absolute atomic E-state index is 13.0. The number of halogens is 1. The average Bonchev–Trinajstić information content (AvgIpc) is 3.22. The second-order valence-electron chi connectivity index (χ2n) is 8.08. The SMILES string of the molecule is CCOC(=O)N1CCc2c(sc3c2C(=O)NC(c2ccc(OCc4ccccc4Cl)cc2)N3)C1. The van der Waals surface area contributed by atoms with Crippen LogP contribution in [0.25, 0.3) is 0 Å². The molecule has 2 aliphatic rings. The molecular weight excluding hydrogens is 474 g/mol. The lowest BCUT2D eigenvalue weighted by molar-refractivity contribution is 0.0934. The number of hydrogen-bond acceptors (Lipinski definition) is 6. The number of anilines is 1. The minimum absolute atomic E-state index is 0.0973. The molecule has 176 valence electrons. The minimum Gasteiger partial charge on any atom is -0.489 e. The van der Waals surface area contributed by atoms with Crippen molar-refractivity contribution < 1.29 is 19.1 Å². The molecule has 0 saturated heterocycles. The Kier molecular flexibility index (Phi) is 6.34. The van der Waals surface area contributed by atoms with Crippen molar-refractivity contribution in [1.82, 2.24) is 10.2 Å². The van der Waals surface area contributed by atoms with Crippen molar-refractivity contribution in [2.75, 3.05) is 18.5 Å². The van der Waals surface area contributed by atoms with Crippen molar-refractivity contribution in [3.05, 3.63) is 80.7 Å². The third kappa shape index (κ3) is 4.43. The first kappa shape index (κ1) is 22.6. The number of thiophene rings is 1. The zero-order chi connectivity index (χ0) is 23.7. The Labute approximate surface area is 206 Å². The molecule has 2 aliphatic heterocycles. The van der Waals surface area contributed by atoms with E-state index in [-0.39, 0.29) is 18.2 Å². The van der Waals surface area contributed by atoms with Crippen molar-refractivity contribution in [2.45, 2.75) is 32.7 Å². The van der Waals surface area contributed by atoms with E-state index in [0.717, 1.165) is 32.3 Å². The Bertz CT molecular complexity index is 1230. The van der Waals surface area contributed by atoms with Gasteiger partial charge in [-0.05, 0) is 42.7 Å². The van der Waals surface area contributed by atoms with Crippen LogP contribution in [0.15, 0.2) is 48.5 Å². The summed E-state index contributed by atoms with van der Waals surface area (Å²) in [7, 11) is 0. The number of fused-ring (bicyclic) bond motifs is 3. The van der Waals surface area contributed by atoms with Gasteiger partial charge in [-0.15, -0.1) is 11.3 Å². The molecule has 5 rings (SSSR count). The zero-order valence-corrected chi connectivity index (χ0v) is 20.2. The zero-order valence-electron chi connectivity index (χ0n) is 18.6. The predicted octanol–water partition coefficient (Wildman–Crippen LogP) is 5.35. The number of nitrogens with one attached hydrogen (secondary N) is 2. The van der Waals surface area contributed by atoms with Gasteiger partial charge in [0.1, 0.15) is 23.5 Å². The van der Waals surface area contributed by atoms with Gasteiger partial charge in [0.25, 0.3) is 5.91 Å². The molecule has 0 aliphatic carbocycles. The van der Waals surface area contributed by atoms with Gasteiger partial charge >= 0.3 is 6.09 Å². The maximum Gasteiger partial charge on any atom is 0.410 e. The van der Waals surface area contributed by atoms with Crippen LogP contribution in [0.2, 0.25) is 5.02 Å². The molecule has 2 N–H and O–H groups in total. The first-order chi connectivity index (χ1) is 16.5. The number of ether oxygens (including phenoxy) is 2. The highest BCUT2D eigenvalue weighted by atomic mass is 35.5. The summed E-state index contributed by atoms with van der Waals surface area (Å²) in [5.74, 6) is 0.622. The van der Waals surface area contributed by atoms with Crippen molar-refractivity contribution in [3.8, 4) is 5.75 Å². The summed E-state index contributed by atoms with van der Waals surface area (Å²) in [6.07, 6.45) is -0.0254. The lowest BCUT2D eigenvalue weighted by Gasteiger charge is -2.28. The molecule has 0 fully saturated rings. The number of carbonyl (C=O) groups is 2. The summed E-state index contributed by atoms with van der Waals surface area (Å²) in [6.45, 7) is 3.52. The fourth-order valence-electron chi connectivity index (χ4n) is 4.19. The second kappa shape index (κ2) is 9.56. The maximum atomic E-state index is 13.0. The van der Waals surface area contributed by atoms with E-state index >= 15 is 0 Å². The summed E-state index contributed by atoms with van der Waals surface area (Å²) >= 11 is 7.73. The molecule has 1 aromatic heterocycles. The number of hydrogen-bond donors (Lipinski definition) is 2. The van der Waals surface area contributed by atoms with E-state index in [2.05, 4.69) is 10.6 Å². The molecule has 2 amide bonds. The third-order valence-corrected chi connectivity index (χ3v) is 7.44. The fourth-order valence-corrected chi connectivity index (χ4v) is 5.67. The minimum atomic E-state index is -0.348. The summed E-state index contributed by atoms with van der Waals surface area (Å²) in [6, 6.07) is 15.2. The Balaban J connectivity index is 1.27. The molecule has 9 heteroatoms. The third-order valence-electron chi connectivity index (χ3n) is 5.93. The van der Waals surface area contributed by atoms with Gasteiger partial charge in [0.05, 0.1) is 18.7 Å². The van der Waals surface area contributed by atoms with Gasteiger partial charge in [-0.25, -0.2) is 4.79 Å². The van der Waals surface area contributed by atoms with Crippen LogP contribution in [0.5, 0.6) is 5.75 Å². The molecular formula is C25H24ClN3O4S. The summed E-state index contributed by atoms with van der Waals surface area (Å²) in [5, 5.41) is 8.02. The lowest BCUT2D eigenvalue weighted by Crippen LogP contribution is -2.39.